The zero-order valence-corrected chi connectivity index (χ0v) is 8.20. The normalized spacial score (nSPS) is 10.0. The monoisotopic (exact) mass is 207 g/mol. The van der Waals surface area contributed by atoms with Gasteiger partial charge in [-0.05, 0) is 5.56 Å². The summed E-state index contributed by atoms with van der Waals surface area (Å²) in [6, 6.07) is 9.84. The van der Waals surface area contributed by atoms with Gasteiger partial charge in [0.05, 0.1) is 11.7 Å². The average Bonchev–Trinajstić information content (AvgIpc) is 2.63. The Morgan fingerprint density at radius 2 is 2.00 bits per heavy atom. The molecule has 72 valence electrons. The summed E-state index contributed by atoms with van der Waals surface area (Å²) in [5.74, 6) is 0.768. The third-order valence-corrected chi connectivity index (χ3v) is 2.23. The largest absolute Gasteiger partial charge is 0.470 e. The summed E-state index contributed by atoms with van der Waals surface area (Å²) in [5, 5.41) is 0. The van der Waals surface area contributed by atoms with Gasteiger partial charge in [-0.1, -0.05) is 30.3 Å². The number of nitrogens with two attached hydrogens (primary N) is 1. The smallest absolute Gasteiger partial charge is 0.270 e. The Morgan fingerprint density at radius 3 is 2.64 bits per heavy atom. The van der Waals surface area contributed by atoms with Crippen molar-refractivity contribution in [3.8, 4) is 5.88 Å². The number of ether oxygens (including phenoxy) is 1. The van der Waals surface area contributed by atoms with Gasteiger partial charge in [0.25, 0.3) is 5.88 Å². The van der Waals surface area contributed by atoms with E-state index >= 15 is 0 Å². The second-order valence-corrected chi connectivity index (χ2v) is 3.26. The van der Waals surface area contributed by atoms with Crippen LogP contribution in [0, 0.1) is 0 Å². The van der Waals surface area contributed by atoms with Gasteiger partial charge in [0.15, 0.2) is 0 Å². The Kier molecular flexibility index (Phi) is 2.60. The van der Waals surface area contributed by atoms with Gasteiger partial charge >= 0.3 is 0 Å². The van der Waals surface area contributed by atoms with E-state index in [1.165, 1.54) is 0 Å². The van der Waals surface area contributed by atoms with Gasteiger partial charge in [-0.2, -0.15) is 4.37 Å². The summed E-state index contributed by atoms with van der Waals surface area (Å²) >= 11 is 1.05. The lowest BCUT2D eigenvalue weighted by molar-refractivity contribution is 0.298. The number of hydrogen-bond acceptors (Lipinski definition) is 5. The maximum absolute atomic E-state index is 5.52. The topological polar surface area (TPSA) is 61.0 Å². The molecule has 14 heavy (non-hydrogen) atoms. The Labute approximate surface area is 85.7 Å². The fraction of sp³-hybridized carbons (Fsp3) is 0.111. The first-order valence-electron chi connectivity index (χ1n) is 4.11. The highest BCUT2D eigenvalue weighted by Gasteiger charge is 2.04. The lowest BCUT2D eigenvalue weighted by atomic mass is 10.2. The molecule has 2 aromatic rings. The minimum atomic E-state index is 0.353. The summed E-state index contributed by atoms with van der Waals surface area (Å²) in [6.07, 6.45) is 0. The number of nitrogens with zero attached hydrogens (tertiary/aromatic N) is 2. The average molecular weight is 207 g/mol. The van der Waals surface area contributed by atoms with Crippen LogP contribution < -0.4 is 10.5 Å². The fourth-order valence-electron chi connectivity index (χ4n) is 1.01. The number of hydrogen-bond donors (Lipinski definition) is 1. The van der Waals surface area contributed by atoms with Gasteiger partial charge in [-0.15, -0.1) is 4.37 Å². The van der Waals surface area contributed by atoms with Crippen molar-refractivity contribution < 1.29 is 4.74 Å². The number of anilines is 1. The van der Waals surface area contributed by atoms with Crippen LogP contribution in [0.4, 0.5) is 5.82 Å². The van der Waals surface area contributed by atoms with E-state index < -0.39 is 0 Å². The van der Waals surface area contributed by atoms with E-state index in [0.29, 0.717) is 18.3 Å². The van der Waals surface area contributed by atoms with Gasteiger partial charge < -0.3 is 10.5 Å². The second-order valence-electron chi connectivity index (χ2n) is 2.73. The van der Waals surface area contributed by atoms with Crippen LogP contribution in [-0.2, 0) is 6.61 Å². The summed E-state index contributed by atoms with van der Waals surface area (Å²) in [5.41, 5.74) is 6.60. The zero-order chi connectivity index (χ0) is 9.80. The molecule has 4 nitrogen and oxygen atoms in total. The maximum atomic E-state index is 5.52. The number of benzene rings is 1. The molecule has 0 unspecified atom stereocenters. The molecule has 0 aliphatic heterocycles. The van der Waals surface area contributed by atoms with Crippen LogP contribution in [0.1, 0.15) is 5.56 Å². The Balaban J connectivity index is 1.99. The van der Waals surface area contributed by atoms with Gasteiger partial charge in [0.1, 0.15) is 6.61 Å². The predicted molar refractivity (Wildman–Crippen MR) is 55.1 cm³/mol. The van der Waals surface area contributed by atoms with Crippen molar-refractivity contribution in [3.63, 3.8) is 0 Å². The molecule has 0 radical (unpaired) electrons. The minimum Gasteiger partial charge on any atom is -0.470 e. The third kappa shape index (κ3) is 2.00. The molecule has 0 saturated heterocycles. The molecule has 2 rings (SSSR count). The SMILES string of the molecule is Nc1nsnc1OCc1ccccc1. The van der Waals surface area contributed by atoms with Crippen LogP contribution in [0.5, 0.6) is 5.88 Å². The van der Waals surface area contributed by atoms with E-state index in [9.17, 15) is 0 Å². The van der Waals surface area contributed by atoms with Crippen molar-refractivity contribution in [2.75, 3.05) is 5.73 Å². The molecule has 0 fully saturated rings. The summed E-state index contributed by atoms with van der Waals surface area (Å²) in [7, 11) is 0. The molecule has 2 N–H and O–H groups in total. The quantitative estimate of drug-likeness (QED) is 0.832. The first-order valence-corrected chi connectivity index (χ1v) is 4.84. The van der Waals surface area contributed by atoms with E-state index in [0.717, 1.165) is 17.3 Å². The lowest BCUT2D eigenvalue weighted by Crippen LogP contribution is -1.97. The Bertz CT molecular complexity index is 401. The minimum absolute atomic E-state index is 0.353. The molecule has 5 heteroatoms. The van der Waals surface area contributed by atoms with Gasteiger partial charge in [-0.25, -0.2) is 0 Å². The molecule has 1 aromatic carbocycles. The molecule has 0 amide bonds. The van der Waals surface area contributed by atoms with Crippen LogP contribution >= 0.6 is 11.7 Å². The predicted octanol–water partition coefficient (Wildman–Crippen LogP) is 1.70. The van der Waals surface area contributed by atoms with Crippen LogP contribution in [-0.4, -0.2) is 8.75 Å². The van der Waals surface area contributed by atoms with Crippen LogP contribution in [0.25, 0.3) is 0 Å². The van der Waals surface area contributed by atoms with Gasteiger partial charge in [-0.3, -0.25) is 0 Å². The van der Waals surface area contributed by atoms with Crippen molar-refractivity contribution in [2.45, 2.75) is 6.61 Å². The number of aromatic nitrogens is 2. The molecule has 1 heterocycles. The first kappa shape index (κ1) is 8.96. The van der Waals surface area contributed by atoms with Crippen molar-refractivity contribution in [1.29, 1.82) is 0 Å². The molecule has 0 aliphatic carbocycles. The molecule has 0 spiro atoms. The molecule has 0 saturated carbocycles. The van der Waals surface area contributed by atoms with Crippen LogP contribution in [0.15, 0.2) is 30.3 Å². The van der Waals surface area contributed by atoms with Gasteiger partial charge in [0, 0.05) is 0 Å². The standard InChI is InChI=1S/C9H9N3OS/c10-8-9(12-14-11-8)13-6-7-4-2-1-3-5-7/h1-5H,6H2,(H2,10,11). The first-order chi connectivity index (χ1) is 6.86. The maximum Gasteiger partial charge on any atom is 0.270 e. The molecule has 0 bridgehead atoms. The lowest BCUT2D eigenvalue weighted by Gasteiger charge is -2.02. The summed E-state index contributed by atoms with van der Waals surface area (Å²) in [4.78, 5) is 0. The third-order valence-electron chi connectivity index (χ3n) is 1.70. The Hall–Kier alpha value is -1.62. The van der Waals surface area contributed by atoms with E-state index in [2.05, 4.69) is 8.75 Å². The fourth-order valence-corrected chi connectivity index (χ4v) is 1.44. The van der Waals surface area contributed by atoms with Crippen molar-refractivity contribution in [3.05, 3.63) is 35.9 Å². The van der Waals surface area contributed by atoms with Crippen LogP contribution in [0.2, 0.25) is 0 Å². The van der Waals surface area contributed by atoms with E-state index in [1.54, 1.807) is 0 Å². The molecular formula is C9H9N3OS. The van der Waals surface area contributed by atoms with Crippen LogP contribution in [0.3, 0.4) is 0 Å². The van der Waals surface area contributed by atoms with Crippen molar-refractivity contribution in [1.82, 2.24) is 8.75 Å². The van der Waals surface area contributed by atoms with Gasteiger partial charge in [0.2, 0.25) is 5.82 Å². The highest BCUT2D eigenvalue weighted by molar-refractivity contribution is 6.99. The zero-order valence-electron chi connectivity index (χ0n) is 7.38. The second kappa shape index (κ2) is 4.06. The van der Waals surface area contributed by atoms with E-state index in [1.807, 2.05) is 30.3 Å². The van der Waals surface area contributed by atoms with E-state index in [4.69, 9.17) is 10.5 Å². The molecule has 0 atom stereocenters. The molecular weight excluding hydrogens is 198 g/mol. The van der Waals surface area contributed by atoms with Crippen molar-refractivity contribution in [2.24, 2.45) is 0 Å². The number of nitrogen functional groups attached to an aromatic ring is 1. The number of rotatable bonds is 3. The molecule has 1 aromatic heterocycles. The highest BCUT2D eigenvalue weighted by atomic mass is 32.1. The summed E-state index contributed by atoms with van der Waals surface area (Å²) in [6.45, 7) is 0.469. The summed E-state index contributed by atoms with van der Waals surface area (Å²) < 4.78 is 13.1. The van der Waals surface area contributed by atoms with Crippen molar-refractivity contribution >= 4 is 17.5 Å². The van der Waals surface area contributed by atoms with E-state index in [-0.39, 0.29) is 0 Å². The highest BCUT2D eigenvalue weighted by Crippen LogP contribution is 2.18. The molecule has 0 aliphatic rings. The Morgan fingerprint density at radius 1 is 1.21 bits per heavy atom.